The maximum atomic E-state index is 13.0. The van der Waals surface area contributed by atoms with Crippen molar-refractivity contribution in [3.63, 3.8) is 0 Å². The Balaban J connectivity index is 1.14. The predicted molar refractivity (Wildman–Crippen MR) is 129 cm³/mol. The van der Waals surface area contributed by atoms with Gasteiger partial charge in [-0.25, -0.2) is 4.98 Å². The number of fused-ring (bicyclic) bond motifs is 4. The van der Waals surface area contributed by atoms with E-state index in [4.69, 9.17) is 21.6 Å². The van der Waals surface area contributed by atoms with Crippen LogP contribution in [0.25, 0.3) is 0 Å². The van der Waals surface area contributed by atoms with Crippen molar-refractivity contribution >= 4 is 34.2 Å². The molecule has 6 nitrogen and oxygen atoms in total. The molecule has 2 aromatic rings. The fourth-order valence-corrected chi connectivity index (χ4v) is 8.55. The quantitative estimate of drug-likeness (QED) is 0.666. The van der Waals surface area contributed by atoms with E-state index in [-0.39, 0.29) is 17.4 Å². The van der Waals surface area contributed by atoms with Crippen molar-refractivity contribution in [2.45, 2.75) is 66.0 Å². The summed E-state index contributed by atoms with van der Waals surface area (Å²) >= 11 is 6.08. The van der Waals surface area contributed by atoms with E-state index >= 15 is 0 Å². The highest BCUT2D eigenvalue weighted by molar-refractivity contribution is 7.86. The highest BCUT2D eigenvalue weighted by atomic mass is 35.5. The van der Waals surface area contributed by atoms with Crippen LogP contribution in [0.4, 0.5) is 11.8 Å². The number of hydrogen-bond donors (Lipinski definition) is 2. The molecule has 3 aliphatic carbocycles. The van der Waals surface area contributed by atoms with E-state index in [9.17, 15) is 9.32 Å². The molecule has 1 aromatic carbocycles. The lowest BCUT2D eigenvalue weighted by molar-refractivity contribution is 0.143. The minimum absolute atomic E-state index is 0.0839. The van der Waals surface area contributed by atoms with Crippen LogP contribution in [0.2, 0.25) is 5.02 Å². The van der Waals surface area contributed by atoms with Gasteiger partial charge in [0.2, 0.25) is 5.95 Å². The normalized spacial score (nSPS) is 35.0. The first-order valence-electron chi connectivity index (χ1n) is 12.3. The van der Waals surface area contributed by atoms with Crippen LogP contribution in [0.1, 0.15) is 61.6 Å². The molecule has 3 saturated carbocycles. The average molecular weight is 485 g/mol. The average Bonchev–Trinajstić information content (AvgIpc) is 3.22. The van der Waals surface area contributed by atoms with Crippen molar-refractivity contribution in [3.05, 3.63) is 40.5 Å². The Kier molecular flexibility index (Phi) is 4.63. The summed E-state index contributed by atoms with van der Waals surface area (Å²) in [6, 6.07) is 8.36. The molecule has 4 unspecified atom stereocenters. The Labute approximate surface area is 201 Å². The number of anilines is 2. The number of benzene rings is 1. The van der Waals surface area contributed by atoms with Gasteiger partial charge in [-0.05, 0) is 74.0 Å². The Morgan fingerprint density at radius 1 is 1.12 bits per heavy atom. The number of rotatable bonds is 5. The molecule has 2 aliphatic heterocycles. The zero-order valence-electron chi connectivity index (χ0n) is 18.5. The summed E-state index contributed by atoms with van der Waals surface area (Å²) in [6.45, 7) is 2.05. The molecule has 0 radical (unpaired) electrons. The standard InChI is InChI=1S/C25H29ClN4O2S/c26-18-4-2-14(3-5-18)15-8-16-11-30(12-17(16)9-15)24-27-21-19-10-20(19)33(32)22(21)23(28-24)29-25(13-31)6-1-7-25/h2-5,15-17,19-20,31H,1,6-13H2,(H,27,28,29)/t15?,16?,17?,19?,20?,33-/m0/s1. The summed E-state index contributed by atoms with van der Waals surface area (Å²) in [5.74, 6) is 3.73. The number of aliphatic hydroxyl groups excluding tert-OH is 1. The van der Waals surface area contributed by atoms with Gasteiger partial charge in [-0.3, -0.25) is 4.21 Å². The summed E-state index contributed by atoms with van der Waals surface area (Å²) in [6.07, 6.45) is 6.33. The topological polar surface area (TPSA) is 78.3 Å². The Morgan fingerprint density at radius 3 is 2.48 bits per heavy atom. The van der Waals surface area contributed by atoms with Gasteiger partial charge in [0, 0.05) is 29.3 Å². The summed E-state index contributed by atoms with van der Waals surface area (Å²) in [7, 11) is -1.03. The van der Waals surface area contributed by atoms with E-state index < -0.39 is 10.8 Å². The van der Waals surface area contributed by atoms with Gasteiger partial charge in [0.15, 0.2) is 0 Å². The SMILES string of the molecule is O=[S@@]1c2c(NC3(CO)CCC3)nc(N3CC4CC(c5ccc(Cl)cc5)CC4C3)nc2C2CC21. The summed E-state index contributed by atoms with van der Waals surface area (Å²) < 4.78 is 13.0. The first kappa shape index (κ1) is 20.7. The number of aromatic nitrogens is 2. The van der Waals surface area contributed by atoms with Crippen molar-refractivity contribution in [3.8, 4) is 0 Å². The fraction of sp³-hybridized carbons (Fsp3) is 0.600. The lowest BCUT2D eigenvalue weighted by Gasteiger charge is -2.41. The zero-order valence-corrected chi connectivity index (χ0v) is 20.1. The second-order valence-corrected chi connectivity index (χ2v) is 12.9. The van der Waals surface area contributed by atoms with E-state index in [0.29, 0.717) is 29.5 Å². The monoisotopic (exact) mass is 484 g/mol. The van der Waals surface area contributed by atoms with Gasteiger partial charge in [-0.2, -0.15) is 4.98 Å². The number of halogens is 1. The van der Waals surface area contributed by atoms with E-state index in [1.54, 1.807) is 0 Å². The van der Waals surface area contributed by atoms with Gasteiger partial charge in [-0.1, -0.05) is 23.7 Å². The molecule has 5 aliphatic rings. The summed E-state index contributed by atoms with van der Waals surface area (Å²) in [4.78, 5) is 13.1. The van der Waals surface area contributed by atoms with Crippen LogP contribution < -0.4 is 10.2 Å². The van der Waals surface area contributed by atoms with E-state index in [2.05, 4.69) is 22.3 Å². The van der Waals surface area contributed by atoms with Crippen LogP contribution in [-0.2, 0) is 10.8 Å². The predicted octanol–water partition coefficient (Wildman–Crippen LogP) is 4.06. The second kappa shape index (κ2) is 7.40. The molecule has 1 aromatic heterocycles. The lowest BCUT2D eigenvalue weighted by atomic mass is 9.77. The number of aliphatic hydroxyl groups is 1. The van der Waals surface area contributed by atoms with Crippen molar-refractivity contribution in [1.29, 1.82) is 0 Å². The van der Waals surface area contributed by atoms with Gasteiger partial charge < -0.3 is 15.3 Å². The molecule has 1 saturated heterocycles. The molecule has 0 bridgehead atoms. The Morgan fingerprint density at radius 2 is 1.85 bits per heavy atom. The van der Waals surface area contributed by atoms with Crippen molar-refractivity contribution in [2.24, 2.45) is 11.8 Å². The molecular formula is C25H29ClN4O2S. The smallest absolute Gasteiger partial charge is 0.227 e. The van der Waals surface area contributed by atoms with Gasteiger partial charge in [0.1, 0.15) is 10.7 Å². The van der Waals surface area contributed by atoms with Gasteiger partial charge in [0.25, 0.3) is 0 Å². The molecule has 5 atom stereocenters. The first-order valence-corrected chi connectivity index (χ1v) is 13.8. The second-order valence-electron chi connectivity index (χ2n) is 10.8. The van der Waals surface area contributed by atoms with Crippen LogP contribution in [0, 0.1) is 11.8 Å². The molecule has 174 valence electrons. The highest BCUT2D eigenvalue weighted by Gasteiger charge is 2.55. The molecule has 2 N–H and O–H groups in total. The minimum Gasteiger partial charge on any atom is -0.394 e. The Hall–Kier alpha value is -1.70. The van der Waals surface area contributed by atoms with Crippen molar-refractivity contribution < 1.29 is 9.32 Å². The summed E-state index contributed by atoms with van der Waals surface area (Å²) in [5, 5.41) is 14.5. The number of hydrogen-bond acceptors (Lipinski definition) is 6. The maximum Gasteiger partial charge on any atom is 0.227 e. The van der Waals surface area contributed by atoms with Crippen LogP contribution in [0.5, 0.6) is 0 Å². The molecule has 4 fully saturated rings. The third-order valence-corrected chi connectivity index (χ3v) is 10.9. The zero-order chi connectivity index (χ0) is 22.3. The van der Waals surface area contributed by atoms with Crippen LogP contribution >= 0.6 is 11.6 Å². The lowest BCUT2D eigenvalue weighted by Crippen LogP contribution is -2.48. The molecule has 8 heteroatoms. The van der Waals surface area contributed by atoms with Gasteiger partial charge >= 0.3 is 0 Å². The van der Waals surface area contributed by atoms with Crippen molar-refractivity contribution in [1.82, 2.24) is 9.97 Å². The number of nitrogens with one attached hydrogen (secondary N) is 1. The van der Waals surface area contributed by atoms with Crippen LogP contribution in [0.3, 0.4) is 0 Å². The molecule has 7 rings (SSSR count). The molecular weight excluding hydrogens is 456 g/mol. The maximum absolute atomic E-state index is 13.0. The van der Waals surface area contributed by atoms with Gasteiger partial charge in [0.05, 0.1) is 28.6 Å². The molecule has 0 amide bonds. The molecule has 33 heavy (non-hydrogen) atoms. The van der Waals surface area contributed by atoms with Crippen LogP contribution in [0.15, 0.2) is 29.2 Å². The summed E-state index contributed by atoms with van der Waals surface area (Å²) in [5.41, 5.74) is 2.08. The minimum atomic E-state index is -1.03. The largest absolute Gasteiger partial charge is 0.394 e. The molecule has 0 spiro atoms. The third kappa shape index (κ3) is 3.26. The number of nitrogens with zero attached hydrogens (tertiary/aromatic N) is 3. The van der Waals surface area contributed by atoms with Gasteiger partial charge in [-0.15, -0.1) is 0 Å². The van der Waals surface area contributed by atoms with E-state index in [0.717, 1.165) is 60.3 Å². The van der Waals surface area contributed by atoms with E-state index in [1.165, 1.54) is 18.4 Å². The van der Waals surface area contributed by atoms with Crippen molar-refractivity contribution in [2.75, 3.05) is 29.9 Å². The third-order valence-electron chi connectivity index (χ3n) is 8.81. The highest BCUT2D eigenvalue weighted by Crippen LogP contribution is 2.56. The molecule has 3 heterocycles. The van der Waals surface area contributed by atoms with Crippen LogP contribution in [-0.4, -0.2) is 49.8 Å². The van der Waals surface area contributed by atoms with E-state index in [1.807, 2.05) is 12.1 Å². The Bertz CT molecular complexity index is 1120. The fourth-order valence-electron chi connectivity index (χ4n) is 6.63. The first-order chi connectivity index (χ1) is 16.0.